The second-order valence-electron chi connectivity index (χ2n) is 8.68. The van der Waals surface area contributed by atoms with Crippen LogP contribution in [0.1, 0.15) is 39.9 Å². The van der Waals surface area contributed by atoms with Crippen molar-refractivity contribution in [3.05, 3.63) is 42.2 Å². The summed E-state index contributed by atoms with van der Waals surface area (Å²) in [6.07, 6.45) is 0.418. The first-order valence-corrected chi connectivity index (χ1v) is 10.7. The molecule has 1 aromatic carbocycles. The molecule has 2 amide bonds. The molecule has 0 aliphatic carbocycles. The van der Waals surface area contributed by atoms with Gasteiger partial charge >= 0.3 is 0 Å². The van der Waals surface area contributed by atoms with E-state index in [1.807, 2.05) is 34.6 Å². The molecule has 1 atom stereocenters. The van der Waals surface area contributed by atoms with Gasteiger partial charge < -0.3 is 14.5 Å². The number of aryl methyl sites for hydroxylation is 1. The number of amides is 2. The van der Waals surface area contributed by atoms with Gasteiger partial charge in [-0.05, 0) is 75.7 Å². The van der Waals surface area contributed by atoms with Gasteiger partial charge in [-0.15, -0.1) is 10.2 Å². The number of nitrogens with one attached hydrogen (secondary N) is 1. The van der Waals surface area contributed by atoms with Crippen molar-refractivity contribution in [2.24, 2.45) is 0 Å². The largest absolute Gasteiger partial charge is 0.497 e. The van der Waals surface area contributed by atoms with E-state index in [-0.39, 0.29) is 24.2 Å². The van der Waals surface area contributed by atoms with E-state index >= 15 is 0 Å². The van der Waals surface area contributed by atoms with Gasteiger partial charge in [-0.1, -0.05) is 6.92 Å². The number of benzene rings is 1. The smallest absolute Gasteiger partial charge is 0.251 e. The van der Waals surface area contributed by atoms with Gasteiger partial charge in [-0.3, -0.25) is 14.5 Å². The fourth-order valence-corrected chi connectivity index (χ4v) is 3.34. The fourth-order valence-electron chi connectivity index (χ4n) is 3.34. The minimum Gasteiger partial charge on any atom is -0.497 e. The summed E-state index contributed by atoms with van der Waals surface area (Å²) in [5, 5.41) is 15.2. The van der Waals surface area contributed by atoms with Crippen LogP contribution in [-0.4, -0.2) is 50.7 Å². The van der Waals surface area contributed by atoms with Gasteiger partial charge in [0.05, 0.1) is 7.11 Å². The Morgan fingerprint density at radius 1 is 1.18 bits per heavy atom. The minimum absolute atomic E-state index is 0.196. The number of hydrogen-bond acceptors (Lipinski definition) is 7. The van der Waals surface area contributed by atoms with Gasteiger partial charge in [-0.25, -0.2) is 0 Å². The predicted octanol–water partition coefficient (Wildman–Crippen LogP) is 2.98. The summed E-state index contributed by atoms with van der Waals surface area (Å²) >= 11 is 0. The lowest BCUT2D eigenvalue weighted by Crippen LogP contribution is -2.54. The number of nitrogens with zero attached hydrogens (tertiary/aromatic N) is 5. The van der Waals surface area contributed by atoms with Gasteiger partial charge in [0.1, 0.15) is 24.1 Å². The van der Waals surface area contributed by atoms with Crippen LogP contribution in [-0.2, 0) is 16.1 Å². The summed E-state index contributed by atoms with van der Waals surface area (Å²) in [5.74, 6) is 1.52. The Morgan fingerprint density at radius 3 is 2.42 bits per heavy atom. The van der Waals surface area contributed by atoms with Crippen LogP contribution in [0, 0.1) is 6.92 Å². The molecular weight excluding hydrogens is 424 g/mol. The Kier molecular flexibility index (Phi) is 7.15. The molecule has 0 saturated carbocycles. The van der Waals surface area contributed by atoms with Crippen LogP contribution in [0.4, 0.5) is 5.69 Å². The molecule has 2 aromatic heterocycles. The molecule has 10 nitrogen and oxygen atoms in total. The third kappa shape index (κ3) is 5.97. The Bertz CT molecular complexity index is 1100. The summed E-state index contributed by atoms with van der Waals surface area (Å²) in [6, 6.07) is 9.80. The topological polar surface area (TPSA) is 115 Å². The zero-order valence-corrected chi connectivity index (χ0v) is 19.8. The van der Waals surface area contributed by atoms with Crippen LogP contribution in [0.2, 0.25) is 0 Å². The van der Waals surface area contributed by atoms with Crippen LogP contribution >= 0.6 is 0 Å². The molecule has 1 N–H and O–H groups in total. The Balaban J connectivity index is 1.89. The molecule has 10 heteroatoms. The highest BCUT2D eigenvalue weighted by molar-refractivity contribution is 6.00. The number of ether oxygens (including phenoxy) is 1. The number of hydrogen-bond donors (Lipinski definition) is 1. The first-order valence-electron chi connectivity index (χ1n) is 10.7. The first-order chi connectivity index (χ1) is 15.6. The number of tetrazole rings is 1. The number of rotatable bonds is 8. The lowest BCUT2D eigenvalue weighted by atomic mass is 10.1. The molecule has 0 fully saturated rings. The lowest BCUT2D eigenvalue weighted by molar-refractivity contribution is -0.128. The standard InChI is InChI=1S/C23H30N6O4/c1-7-18(22(31)24-23(3,4)5)29(16-9-11-17(32-6)12-10-16)20(30)14-28-26-21(25-27-28)19-13-8-15(2)33-19/h8-13,18H,7,14H2,1-6H3,(H,24,31)/t18-/m1/s1. The Morgan fingerprint density at radius 2 is 1.88 bits per heavy atom. The van der Waals surface area contributed by atoms with Gasteiger partial charge in [-0.2, -0.15) is 4.80 Å². The normalized spacial score (nSPS) is 12.3. The number of furan rings is 1. The second-order valence-corrected chi connectivity index (χ2v) is 8.68. The summed E-state index contributed by atoms with van der Waals surface area (Å²) in [4.78, 5) is 29.2. The molecular formula is C23H30N6O4. The predicted molar refractivity (Wildman–Crippen MR) is 123 cm³/mol. The van der Waals surface area contributed by atoms with E-state index < -0.39 is 11.6 Å². The van der Waals surface area contributed by atoms with E-state index in [1.54, 1.807) is 43.5 Å². The maximum atomic E-state index is 13.5. The van der Waals surface area contributed by atoms with Crippen LogP contribution in [0.3, 0.4) is 0 Å². The number of anilines is 1. The van der Waals surface area contributed by atoms with Crippen LogP contribution < -0.4 is 15.0 Å². The third-order valence-electron chi connectivity index (χ3n) is 4.81. The first kappa shape index (κ1) is 24.0. The number of carbonyl (C=O) groups is 2. The van der Waals surface area contributed by atoms with E-state index in [4.69, 9.17) is 9.15 Å². The summed E-state index contributed by atoms with van der Waals surface area (Å²) in [6.45, 7) is 9.18. The summed E-state index contributed by atoms with van der Waals surface area (Å²) < 4.78 is 10.7. The molecule has 0 aliphatic heterocycles. The molecule has 3 rings (SSSR count). The molecule has 0 spiro atoms. The van der Waals surface area contributed by atoms with Crippen LogP contribution in [0.25, 0.3) is 11.6 Å². The molecule has 0 radical (unpaired) electrons. The van der Waals surface area contributed by atoms with Gasteiger partial charge in [0, 0.05) is 11.2 Å². The number of carbonyl (C=O) groups excluding carboxylic acids is 2. The van der Waals surface area contributed by atoms with Crippen molar-refractivity contribution in [1.29, 1.82) is 0 Å². The monoisotopic (exact) mass is 454 g/mol. The van der Waals surface area contributed by atoms with E-state index in [9.17, 15) is 9.59 Å². The van der Waals surface area contributed by atoms with Crippen molar-refractivity contribution in [3.63, 3.8) is 0 Å². The average Bonchev–Trinajstić information content (AvgIpc) is 3.39. The van der Waals surface area contributed by atoms with E-state index in [2.05, 4.69) is 20.7 Å². The van der Waals surface area contributed by atoms with Crippen molar-refractivity contribution in [2.75, 3.05) is 12.0 Å². The molecule has 0 saturated heterocycles. The zero-order valence-electron chi connectivity index (χ0n) is 19.8. The quantitative estimate of drug-likeness (QED) is 0.556. The highest BCUT2D eigenvalue weighted by Gasteiger charge is 2.32. The minimum atomic E-state index is -0.721. The summed E-state index contributed by atoms with van der Waals surface area (Å²) in [7, 11) is 1.57. The molecule has 2 heterocycles. The Labute approximate surface area is 192 Å². The van der Waals surface area contributed by atoms with Crippen LogP contribution in [0.15, 0.2) is 40.8 Å². The van der Waals surface area contributed by atoms with E-state index in [0.717, 1.165) is 5.76 Å². The van der Waals surface area contributed by atoms with E-state index in [1.165, 1.54) is 9.70 Å². The van der Waals surface area contributed by atoms with Crippen molar-refractivity contribution in [2.45, 2.75) is 59.2 Å². The maximum Gasteiger partial charge on any atom is 0.251 e. The van der Waals surface area contributed by atoms with Gasteiger partial charge in [0.15, 0.2) is 5.76 Å². The van der Waals surface area contributed by atoms with Crippen molar-refractivity contribution in [1.82, 2.24) is 25.5 Å². The maximum absolute atomic E-state index is 13.5. The number of aromatic nitrogens is 4. The second kappa shape index (κ2) is 9.85. The fraction of sp³-hybridized carbons (Fsp3) is 0.435. The molecule has 0 unspecified atom stereocenters. The van der Waals surface area contributed by atoms with Crippen molar-refractivity contribution >= 4 is 17.5 Å². The summed E-state index contributed by atoms with van der Waals surface area (Å²) in [5.41, 5.74) is 0.126. The van der Waals surface area contributed by atoms with Crippen LogP contribution in [0.5, 0.6) is 5.75 Å². The zero-order chi connectivity index (χ0) is 24.2. The van der Waals surface area contributed by atoms with Crippen molar-refractivity contribution in [3.8, 4) is 17.3 Å². The van der Waals surface area contributed by atoms with Crippen molar-refractivity contribution < 1.29 is 18.7 Å². The van der Waals surface area contributed by atoms with E-state index in [0.29, 0.717) is 23.6 Å². The third-order valence-corrected chi connectivity index (χ3v) is 4.81. The number of methoxy groups -OCH3 is 1. The highest BCUT2D eigenvalue weighted by atomic mass is 16.5. The van der Waals surface area contributed by atoms with Gasteiger partial charge in [0.25, 0.3) is 5.91 Å². The highest BCUT2D eigenvalue weighted by Crippen LogP contribution is 2.24. The molecule has 33 heavy (non-hydrogen) atoms. The SMILES string of the molecule is CC[C@H](C(=O)NC(C)(C)C)N(C(=O)Cn1nnc(-c2ccc(C)o2)n1)c1ccc(OC)cc1. The molecule has 176 valence electrons. The molecule has 0 aliphatic rings. The van der Waals surface area contributed by atoms with Gasteiger partial charge in [0.2, 0.25) is 11.7 Å². The Hall–Kier alpha value is -3.69. The molecule has 3 aromatic rings. The average molecular weight is 455 g/mol. The molecule has 0 bridgehead atoms. The lowest BCUT2D eigenvalue weighted by Gasteiger charge is -2.33.